The molecule has 0 aliphatic carbocycles. The van der Waals surface area contributed by atoms with Crippen LogP contribution >= 0.6 is 0 Å². The highest BCUT2D eigenvalue weighted by Crippen LogP contribution is 2.35. The lowest BCUT2D eigenvalue weighted by atomic mass is 9.83. The van der Waals surface area contributed by atoms with Crippen LogP contribution in [-0.2, 0) is 13.1 Å². The minimum absolute atomic E-state index is 0.0276. The van der Waals surface area contributed by atoms with Crippen LogP contribution < -0.4 is 16.2 Å². The average Bonchev–Trinajstić information content (AvgIpc) is 2.89. The summed E-state index contributed by atoms with van der Waals surface area (Å²) in [6.07, 6.45) is 2.79. The number of hydrogen-bond acceptors (Lipinski definition) is 4. The monoisotopic (exact) mass is 483 g/mol. The quantitative estimate of drug-likeness (QED) is 0.437. The molecule has 2 amide bonds. The molecular formula is C28H26FN5O2. The van der Waals surface area contributed by atoms with Gasteiger partial charge in [0.25, 0.3) is 5.56 Å². The van der Waals surface area contributed by atoms with Crippen molar-refractivity contribution in [3.63, 3.8) is 0 Å². The van der Waals surface area contributed by atoms with E-state index in [0.29, 0.717) is 37.6 Å². The number of carbonyl (C=O) groups is 1. The van der Waals surface area contributed by atoms with Gasteiger partial charge in [-0.25, -0.2) is 9.18 Å². The number of nitrogens with one attached hydrogen (secondary N) is 2. The Morgan fingerprint density at radius 2 is 1.86 bits per heavy atom. The number of halogens is 1. The van der Waals surface area contributed by atoms with Crippen LogP contribution in [0.5, 0.6) is 0 Å². The molecule has 8 heteroatoms. The minimum Gasteiger partial charge on any atom is -0.376 e. The molecule has 2 aromatic carbocycles. The zero-order valence-electron chi connectivity index (χ0n) is 19.7. The molecule has 1 fully saturated rings. The first-order valence-corrected chi connectivity index (χ1v) is 12.2. The Morgan fingerprint density at radius 1 is 1.03 bits per heavy atom. The molecular weight excluding hydrogens is 457 g/mol. The number of carbonyl (C=O) groups excluding carboxylic acids is 1. The molecule has 2 unspecified atom stereocenters. The summed E-state index contributed by atoms with van der Waals surface area (Å²) in [4.78, 5) is 32.5. The summed E-state index contributed by atoms with van der Waals surface area (Å²) in [5, 5.41) is 7.22. The van der Waals surface area contributed by atoms with E-state index in [1.165, 1.54) is 12.1 Å². The smallest absolute Gasteiger partial charge is 0.321 e. The van der Waals surface area contributed by atoms with Crippen molar-refractivity contribution in [2.24, 2.45) is 5.92 Å². The van der Waals surface area contributed by atoms with Crippen molar-refractivity contribution in [3.8, 4) is 0 Å². The fourth-order valence-corrected chi connectivity index (χ4v) is 5.39. The first-order chi connectivity index (χ1) is 17.5. The predicted molar refractivity (Wildman–Crippen MR) is 138 cm³/mol. The molecule has 2 N–H and O–H groups in total. The summed E-state index contributed by atoms with van der Waals surface area (Å²) in [5.41, 5.74) is 4.02. The Bertz CT molecular complexity index is 1500. The number of benzene rings is 2. The molecule has 4 heterocycles. The van der Waals surface area contributed by atoms with Gasteiger partial charge >= 0.3 is 6.03 Å². The van der Waals surface area contributed by atoms with Gasteiger partial charge in [-0.15, -0.1) is 0 Å². The molecule has 0 radical (unpaired) electrons. The fourth-order valence-electron chi connectivity index (χ4n) is 5.39. The third-order valence-electron chi connectivity index (χ3n) is 7.12. The number of amides is 2. The Labute approximate surface area is 207 Å². The summed E-state index contributed by atoms with van der Waals surface area (Å²) in [6.45, 7) is 2.21. The maximum atomic E-state index is 13.3. The Kier molecular flexibility index (Phi) is 5.64. The molecule has 4 aromatic rings. The number of anilines is 2. The van der Waals surface area contributed by atoms with Gasteiger partial charge in [0.2, 0.25) is 0 Å². The number of para-hydroxylation sites is 1. The third kappa shape index (κ3) is 4.30. The van der Waals surface area contributed by atoms with Crippen molar-refractivity contribution in [1.29, 1.82) is 0 Å². The van der Waals surface area contributed by atoms with E-state index in [1.54, 1.807) is 17.0 Å². The standard InChI is InChI=1S/C28H26FN5O2/c29-22-5-7-23(8-6-22)32-28(36)33-15-19-12-21(17-33)26-10-9-25(27(35)34(26)16-19)31-14-18-11-20-3-1-2-4-24(20)30-13-18/h1-11,13,19,21,31H,12,14-17H2,(H,32,36). The highest BCUT2D eigenvalue weighted by Gasteiger charge is 2.36. The van der Waals surface area contributed by atoms with Crippen molar-refractivity contribution < 1.29 is 9.18 Å². The first-order valence-electron chi connectivity index (χ1n) is 12.2. The molecule has 2 aromatic heterocycles. The second-order valence-corrected chi connectivity index (χ2v) is 9.62. The SMILES string of the molecule is O=C(Nc1ccc(F)cc1)N1CC2CC(C1)c1ccc(NCc3cnc4ccccc4c3)c(=O)n1C2. The normalized spacial score (nSPS) is 18.5. The van der Waals surface area contributed by atoms with Crippen LogP contribution in [0.4, 0.5) is 20.6 Å². The number of rotatable bonds is 4. The summed E-state index contributed by atoms with van der Waals surface area (Å²) < 4.78 is 15.0. The van der Waals surface area contributed by atoms with Gasteiger partial charge in [-0.3, -0.25) is 9.78 Å². The Morgan fingerprint density at radius 3 is 2.72 bits per heavy atom. The van der Waals surface area contributed by atoms with E-state index in [0.717, 1.165) is 28.6 Å². The lowest BCUT2D eigenvalue weighted by Gasteiger charge is -2.42. The third-order valence-corrected chi connectivity index (χ3v) is 7.12. The van der Waals surface area contributed by atoms with Crippen LogP contribution in [0.1, 0.15) is 23.6 Å². The highest BCUT2D eigenvalue weighted by molar-refractivity contribution is 5.89. The van der Waals surface area contributed by atoms with Crippen molar-refractivity contribution in [2.75, 3.05) is 23.7 Å². The van der Waals surface area contributed by atoms with Crippen molar-refractivity contribution in [1.82, 2.24) is 14.5 Å². The summed E-state index contributed by atoms with van der Waals surface area (Å²) in [7, 11) is 0. The number of nitrogens with zero attached hydrogens (tertiary/aromatic N) is 3. The van der Waals surface area contributed by atoms with Crippen LogP contribution in [0, 0.1) is 11.7 Å². The predicted octanol–water partition coefficient (Wildman–Crippen LogP) is 4.80. The van der Waals surface area contributed by atoms with Gasteiger partial charge < -0.3 is 20.1 Å². The van der Waals surface area contributed by atoms with E-state index in [2.05, 4.69) is 21.7 Å². The van der Waals surface area contributed by atoms with E-state index < -0.39 is 0 Å². The van der Waals surface area contributed by atoms with Crippen molar-refractivity contribution in [2.45, 2.75) is 25.4 Å². The van der Waals surface area contributed by atoms with Crippen LogP contribution in [0.25, 0.3) is 10.9 Å². The molecule has 36 heavy (non-hydrogen) atoms. The van der Waals surface area contributed by atoms with Gasteiger partial charge in [-0.2, -0.15) is 0 Å². The topological polar surface area (TPSA) is 79.3 Å². The van der Waals surface area contributed by atoms with Crippen LogP contribution in [0.15, 0.2) is 77.7 Å². The first kappa shape index (κ1) is 22.3. The zero-order valence-corrected chi connectivity index (χ0v) is 19.7. The number of pyridine rings is 2. The van der Waals surface area contributed by atoms with Gasteiger partial charge in [-0.05, 0) is 66.4 Å². The van der Waals surface area contributed by atoms with Crippen LogP contribution in [0.3, 0.4) is 0 Å². The molecule has 2 bridgehead atoms. The maximum absolute atomic E-state index is 13.3. The molecule has 0 saturated carbocycles. The number of fused-ring (bicyclic) bond motifs is 5. The fraction of sp³-hybridized carbons (Fsp3) is 0.250. The van der Waals surface area contributed by atoms with E-state index in [1.807, 2.05) is 47.2 Å². The maximum Gasteiger partial charge on any atom is 0.321 e. The number of piperidine rings is 1. The minimum atomic E-state index is -0.342. The zero-order chi connectivity index (χ0) is 24.6. The van der Waals surface area contributed by atoms with Gasteiger partial charge in [-0.1, -0.05) is 18.2 Å². The molecule has 6 rings (SSSR count). The van der Waals surface area contributed by atoms with Crippen LogP contribution in [0.2, 0.25) is 0 Å². The van der Waals surface area contributed by atoms with Crippen LogP contribution in [-0.4, -0.2) is 33.6 Å². The second-order valence-electron chi connectivity index (χ2n) is 9.62. The molecule has 1 saturated heterocycles. The number of aromatic nitrogens is 2. The molecule has 2 aliphatic rings. The average molecular weight is 484 g/mol. The van der Waals surface area contributed by atoms with E-state index >= 15 is 0 Å². The lowest BCUT2D eigenvalue weighted by Crippen LogP contribution is -2.50. The number of urea groups is 1. The van der Waals surface area contributed by atoms with Gasteiger partial charge in [0.05, 0.1) is 5.52 Å². The summed E-state index contributed by atoms with van der Waals surface area (Å²) in [5.74, 6) is -0.0406. The Hall–Kier alpha value is -4.20. The second kappa shape index (κ2) is 9.11. The van der Waals surface area contributed by atoms with E-state index in [9.17, 15) is 14.0 Å². The van der Waals surface area contributed by atoms with Gasteiger partial charge in [0, 0.05) is 55.1 Å². The number of hydrogen-bond donors (Lipinski definition) is 2. The Balaban J connectivity index is 1.16. The summed E-state index contributed by atoms with van der Waals surface area (Å²) >= 11 is 0. The molecule has 7 nitrogen and oxygen atoms in total. The molecule has 182 valence electrons. The summed E-state index contributed by atoms with van der Waals surface area (Å²) in [6, 6.07) is 19.5. The number of likely N-dealkylation sites (tertiary alicyclic amines) is 1. The largest absolute Gasteiger partial charge is 0.376 e. The van der Waals surface area contributed by atoms with Gasteiger partial charge in [0.15, 0.2) is 0 Å². The van der Waals surface area contributed by atoms with E-state index in [4.69, 9.17) is 0 Å². The van der Waals surface area contributed by atoms with Crippen molar-refractivity contribution >= 4 is 28.3 Å². The molecule has 2 atom stereocenters. The molecule has 2 aliphatic heterocycles. The van der Waals surface area contributed by atoms with Crippen molar-refractivity contribution in [3.05, 3.63) is 100 Å². The molecule has 0 spiro atoms. The van der Waals surface area contributed by atoms with Gasteiger partial charge in [0.1, 0.15) is 11.5 Å². The van der Waals surface area contributed by atoms with E-state index in [-0.39, 0.29) is 29.2 Å². The lowest BCUT2D eigenvalue weighted by molar-refractivity contribution is 0.139. The highest BCUT2D eigenvalue weighted by atomic mass is 19.1.